The molecule has 0 saturated heterocycles. The molecule has 1 aromatic heterocycles. The molecule has 15 heavy (non-hydrogen) atoms. The van der Waals surface area contributed by atoms with Gasteiger partial charge in [-0.15, -0.1) is 0 Å². The van der Waals surface area contributed by atoms with Crippen LogP contribution in [0.1, 0.15) is 45.4 Å². The first kappa shape index (κ1) is 16.5. The lowest BCUT2D eigenvalue weighted by atomic mass is 10.2. The van der Waals surface area contributed by atoms with Crippen LogP contribution in [-0.4, -0.2) is 9.55 Å². The third-order valence-electron chi connectivity index (χ3n) is 1.20. The van der Waals surface area contributed by atoms with Gasteiger partial charge in [0.15, 0.2) is 0 Å². The third-order valence-corrected chi connectivity index (χ3v) is 1.47. The first-order chi connectivity index (χ1) is 7.19. The Hall–Kier alpha value is -0.880. The number of hydrogen-bond acceptors (Lipinski definition) is 1. The zero-order chi connectivity index (χ0) is 12.3. The first-order valence-electron chi connectivity index (χ1n) is 5.29. The van der Waals surface area contributed by atoms with Crippen LogP contribution in [0.25, 0.3) is 12.2 Å². The number of aromatic nitrogens is 2. The van der Waals surface area contributed by atoms with E-state index in [1.165, 1.54) is 6.42 Å². The van der Waals surface area contributed by atoms with E-state index < -0.39 is 0 Å². The summed E-state index contributed by atoms with van der Waals surface area (Å²) in [6.45, 7) is 15.5. The Balaban J connectivity index is 0. The van der Waals surface area contributed by atoms with E-state index in [0.29, 0.717) is 0 Å². The maximum Gasteiger partial charge on any atom is 0.0920 e. The molecule has 1 atom stereocenters. The molecule has 1 heterocycles. The summed E-state index contributed by atoms with van der Waals surface area (Å²) in [5, 5.41) is 4.09. The molecule has 0 aliphatic rings. The Morgan fingerprint density at radius 2 is 1.80 bits per heavy atom. The minimum atomic E-state index is 0.866. The van der Waals surface area contributed by atoms with Crippen molar-refractivity contribution in [2.75, 3.05) is 0 Å². The van der Waals surface area contributed by atoms with E-state index in [9.17, 15) is 0 Å². The molecule has 0 bridgehead atoms. The maximum atomic E-state index is 4.09. The molecule has 3 heteroatoms. The molecule has 0 radical (unpaired) electrons. The number of rotatable bonds is 2. The minimum absolute atomic E-state index is 0.866. The summed E-state index contributed by atoms with van der Waals surface area (Å²) in [7, 11) is 2.45. The van der Waals surface area contributed by atoms with Gasteiger partial charge < -0.3 is 0 Å². The molecule has 2 nitrogen and oxygen atoms in total. The maximum absolute atomic E-state index is 4.09. The molecule has 0 aliphatic heterocycles. The van der Waals surface area contributed by atoms with Gasteiger partial charge in [-0.3, -0.25) is 4.45 Å². The van der Waals surface area contributed by atoms with Crippen LogP contribution in [0.3, 0.4) is 0 Å². The van der Waals surface area contributed by atoms with Gasteiger partial charge >= 0.3 is 0 Å². The van der Waals surface area contributed by atoms with Crippen LogP contribution in [0.5, 0.6) is 0 Å². The zero-order valence-electron chi connectivity index (χ0n) is 10.3. The van der Waals surface area contributed by atoms with Gasteiger partial charge in [-0.1, -0.05) is 53.3 Å². The van der Waals surface area contributed by atoms with Crippen LogP contribution in [-0.2, 0) is 0 Å². The summed E-state index contributed by atoms with van der Waals surface area (Å²) in [6.07, 6.45) is 6.58. The standard InChI is InChI=1S/C7H9N2P.C3H8.C2H6/c1-3-6-5-9(10)8-7(6)4-2;1-3-2;1-2/h3-5H,1-2,10H2;3H2,1-2H3;1-2H3. The highest BCUT2D eigenvalue weighted by atomic mass is 31.0. The molecule has 1 rings (SSSR count). The second-order valence-corrected chi connectivity index (χ2v) is 3.09. The van der Waals surface area contributed by atoms with E-state index >= 15 is 0 Å². The highest BCUT2D eigenvalue weighted by Gasteiger charge is 1.97. The zero-order valence-corrected chi connectivity index (χ0v) is 11.5. The summed E-state index contributed by atoms with van der Waals surface area (Å²) < 4.78 is 1.66. The fourth-order valence-corrected chi connectivity index (χ4v) is 1.02. The molecule has 86 valence electrons. The lowest BCUT2D eigenvalue weighted by Gasteiger charge is -1.82. The lowest BCUT2D eigenvalue weighted by Crippen LogP contribution is -1.77. The fourth-order valence-electron chi connectivity index (χ4n) is 0.736. The van der Waals surface area contributed by atoms with Gasteiger partial charge in [-0.2, -0.15) is 5.10 Å². The minimum Gasteiger partial charge on any atom is -0.257 e. The van der Waals surface area contributed by atoms with Crippen molar-refractivity contribution in [3.8, 4) is 0 Å². The summed E-state index contributed by atoms with van der Waals surface area (Å²) >= 11 is 0. The van der Waals surface area contributed by atoms with Gasteiger partial charge in [0.2, 0.25) is 0 Å². The highest BCUT2D eigenvalue weighted by molar-refractivity contribution is 7.14. The van der Waals surface area contributed by atoms with Gasteiger partial charge in [-0.05, 0) is 15.5 Å². The molecular formula is C12H23N2P. The predicted octanol–water partition coefficient (Wildman–Crippen LogP) is 4.25. The van der Waals surface area contributed by atoms with E-state index in [1.807, 2.05) is 20.0 Å². The molecule has 0 saturated carbocycles. The molecule has 0 fully saturated rings. The molecule has 1 aromatic rings. The van der Waals surface area contributed by atoms with Crippen LogP contribution in [0.2, 0.25) is 0 Å². The summed E-state index contributed by atoms with van der Waals surface area (Å²) in [6, 6.07) is 0. The van der Waals surface area contributed by atoms with Crippen LogP contribution in [0.4, 0.5) is 0 Å². The van der Waals surface area contributed by atoms with E-state index in [0.717, 1.165) is 11.3 Å². The molecule has 0 aliphatic carbocycles. The van der Waals surface area contributed by atoms with Gasteiger partial charge in [0.1, 0.15) is 0 Å². The van der Waals surface area contributed by atoms with Gasteiger partial charge in [0, 0.05) is 11.8 Å². The highest BCUT2D eigenvalue weighted by Crippen LogP contribution is 2.10. The van der Waals surface area contributed by atoms with E-state index in [4.69, 9.17) is 0 Å². The molecule has 0 aromatic carbocycles. The van der Waals surface area contributed by atoms with Crippen molar-refractivity contribution >= 4 is 21.5 Å². The number of hydrogen-bond donors (Lipinski definition) is 0. The Kier molecular flexibility index (Phi) is 12.4. The second-order valence-electron chi connectivity index (χ2n) is 2.57. The van der Waals surface area contributed by atoms with Crippen LogP contribution in [0, 0.1) is 0 Å². The monoisotopic (exact) mass is 226 g/mol. The summed E-state index contributed by atoms with van der Waals surface area (Å²) in [4.78, 5) is 0. The van der Waals surface area contributed by atoms with Crippen molar-refractivity contribution in [1.82, 2.24) is 9.55 Å². The smallest absolute Gasteiger partial charge is 0.0920 e. The molecule has 1 unspecified atom stereocenters. The Morgan fingerprint density at radius 3 is 2.07 bits per heavy atom. The van der Waals surface area contributed by atoms with Crippen LogP contribution >= 0.6 is 9.39 Å². The fraction of sp³-hybridized carbons (Fsp3) is 0.417. The van der Waals surface area contributed by atoms with Crippen LogP contribution < -0.4 is 0 Å². The molecule has 0 spiro atoms. The third kappa shape index (κ3) is 7.10. The largest absolute Gasteiger partial charge is 0.257 e. The van der Waals surface area contributed by atoms with Crippen molar-refractivity contribution in [2.45, 2.75) is 34.1 Å². The van der Waals surface area contributed by atoms with Crippen molar-refractivity contribution in [3.05, 3.63) is 30.6 Å². The average molecular weight is 226 g/mol. The van der Waals surface area contributed by atoms with E-state index in [-0.39, 0.29) is 0 Å². The van der Waals surface area contributed by atoms with E-state index in [1.54, 1.807) is 16.6 Å². The van der Waals surface area contributed by atoms with Crippen molar-refractivity contribution in [1.29, 1.82) is 0 Å². The SMILES string of the molecule is C=Cc1cn(P)nc1C=C.CC.CCC. The Morgan fingerprint density at radius 1 is 1.33 bits per heavy atom. The average Bonchev–Trinajstić information content (AvgIpc) is 2.63. The quantitative estimate of drug-likeness (QED) is 0.689. The second kappa shape index (κ2) is 11.2. The predicted molar refractivity (Wildman–Crippen MR) is 74.8 cm³/mol. The topological polar surface area (TPSA) is 17.8 Å². The first-order valence-corrected chi connectivity index (χ1v) is 5.80. The van der Waals surface area contributed by atoms with Gasteiger partial charge in [-0.25, -0.2) is 0 Å². The van der Waals surface area contributed by atoms with Crippen molar-refractivity contribution in [2.24, 2.45) is 0 Å². The van der Waals surface area contributed by atoms with Crippen molar-refractivity contribution in [3.63, 3.8) is 0 Å². The summed E-state index contributed by atoms with van der Waals surface area (Å²) in [5.41, 5.74) is 1.87. The Bertz CT molecular complexity index is 252. The number of nitrogens with zero attached hydrogens (tertiary/aromatic N) is 2. The lowest BCUT2D eigenvalue weighted by molar-refractivity contribution is 1.00. The summed E-state index contributed by atoms with van der Waals surface area (Å²) in [5.74, 6) is 0. The van der Waals surface area contributed by atoms with E-state index in [2.05, 4.69) is 41.5 Å². The van der Waals surface area contributed by atoms with Crippen LogP contribution in [0.15, 0.2) is 19.4 Å². The van der Waals surface area contributed by atoms with Crippen molar-refractivity contribution < 1.29 is 0 Å². The molecular weight excluding hydrogens is 203 g/mol. The van der Waals surface area contributed by atoms with Gasteiger partial charge in [0.05, 0.1) is 5.69 Å². The normalized spacial score (nSPS) is 7.80. The Labute approximate surface area is 96.3 Å². The molecule has 0 amide bonds. The van der Waals surface area contributed by atoms with Gasteiger partial charge in [0.25, 0.3) is 0 Å². The molecule has 0 N–H and O–H groups in total.